The molecule has 0 amide bonds. The molecule has 3 aliphatic rings. The Labute approximate surface area is 177 Å². The number of hydrogen-bond donors (Lipinski definition) is 0. The first-order valence-electron chi connectivity index (χ1n) is 10.4. The number of fused-ring (bicyclic) bond motifs is 1. The van der Waals surface area contributed by atoms with Crippen molar-refractivity contribution < 1.29 is 17.9 Å². The molecule has 9 heteroatoms. The van der Waals surface area contributed by atoms with E-state index in [0.717, 1.165) is 62.9 Å². The number of nitrogens with zero attached hydrogens (tertiary/aromatic N) is 4. The molecule has 8 nitrogen and oxygen atoms in total. The van der Waals surface area contributed by atoms with Gasteiger partial charge in [-0.15, -0.1) is 0 Å². The van der Waals surface area contributed by atoms with Crippen molar-refractivity contribution >= 4 is 15.8 Å². The van der Waals surface area contributed by atoms with Gasteiger partial charge in [0.1, 0.15) is 10.7 Å². The lowest BCUT2D eigenvalue weighted by atomic mass is 10.1. The molecule has 0 bridgehead atoms. The largest absolute Gasteiger partial charge is 0.454 e. The Balaban J connectivity index is 1.18. The second-order valence-electron chi connectivity index (χ2n) is 7.91. The van der Waals surface area contributed by atoms with Gasteiger partial charge in [0, 0.05) is 52.0 Å². The smallest absolute Gasteiger partial charge is 0.244 e. The molecule has 4 heterocycles. The lowest BCUT2D eigenvalue weighted by Crippen LogP contribution is -2.46. The summed E-state index contributed by atoms with van der Waals surface area (Å²) in [4.78, 5) is 9.36. The Morgan fingerprint density at radius 1 is 0.900 bits per heavy atom. The van der Waals surface area contributed by atoms with Crippen molar-refractivity contribution in [1.29, 1.82) is 0 Å². The number of rotatable bonds is 5. The monoisotopic (exact) mass is 430 g/mol. The Hall–Kier alpha value is -2.36. The minimum atomic E-state index is -3.41. The number of pyridine rings is 1. The van der Waals surface area contributed by atoms with Crippen LogP contribution in [-0.2, 0) is 16.6 Å². The number of anilines is 1. The molecular formula is C21H26N4O4S. The molecule has 2 aromatic rings. The van der Waals surface area contributed by atoms with Crippen molar-refractivity contribution in [1.82, 2.24) is 14.2 Å². The molecule has 0 atom stereocenters. The van der Waals surface area contributed by atoms with Crippen LogP contribution in [0, 0.1) is 0 Å². The number of aromatic nitrogens is 1. The van der Waals surface area contributed by atoms with Crippen molar-refractivity contribution in [2.24, 2.45) is 0 Å². The van der Waals surface area contributed by atoms with Gasteiger partial charge in [-0.05, 0) is 42.7 Å². The van der Waals surface area contributed by atoms with Gasteiger partial charge >= 0.3 is 0 Å². The highest BCUT2D eigenvalue weighted by atomic mass is 32.2. The zero-order valence-corrected chi connectivity index (χ0v) is 17.7. The maximum Gasteiger partial charge on any atom is 0.244 e. The first-order valence-corrected chi connectivity index (χ1v) is 11.9. The molecular weight excluding hydrogens is 404 g/mol. The molecule has 0 spiro atoms. The van der Waals surface area contributed by atoms with E-state index in [1.807, 2.05) is 12.1 Å². The van der Waals surface area contributed by atoms with Gasteiger partial charge < -0.3 is 14.4 Å². The van der Waals surface area contributed by atoms with Crippen molar-refractivity contribution in [3.05, 3.63) is 42.1 Å². The van der Waals surface area contributed by atoms with Gasteiger partial charge in [-0.1, -0.05) is 6.07 Å². The van der Waals surface area contributed by atoms with Crippen LogP contribution in [0.2, 0.25) is 0 Å². The number of piperazine rings is 1. The Bertz CT molecular complexity index is 998. The van der Waals surface area contributed by atoms with E-state index >= 15 is 0 Å². The minimum Gasteiger partial charge on any atom is -0.454 e. The van der Waals surface area contributed by atoms with Gasteiger partial charge in [-0.25, -0.2) is 13.4 Å². The van der Waals surface area contributed by atoms with E-state index in [1.54, 1.807) is 10.4 Å². The summed E-state index contributed by atoms with van der Waals surface area (Å²) in [6.07, 6.45) is 3.37. The van der Waals surface area contributed by atoms with Crippen LogP contribution in [0.4, 0.5) is 5.82 Å². The van der Waals surface area contributed by atoms with Crippen LogP contribution in [0.15, 0.2) is 41.4 Å². The molecule has 0 radical (unpaired) electrons. The fraction of sp³-hybridized carbons (Fsp3) is 0.476. The molecule has 3 aliphatic heterocycles. The lowest BCUT2D eigenvalue weighted by Gasteiger charge is -2.35. The van der Waals surface area contributed by atoms with E-state index in [-0.39, 0.29) is 4.90 Å². The van der Waals surface area contributed by atoms with Gasteiger partial charge in [-0.2, -0.15) is 4.31 Å². The lowest BCUT2D eigenvalue weighted by molar-refractivity contribution is 0.174. The van der Waals surface area contributed by atoms with Gasteiger partial charge in [-0.3, -0.25) is 4.90 Å². The Kier molecular flexibility index (Phi) is 5.26. The third-order valence-electron chi connectivity index (χ3n) is 5.96. The van der Waals surface area contributed by atoms with Crippen LogP contribution in [0.25, 0.3) is 0 Å². The van der Waals surface area contributed by atoms with Crippen LogP contribution in [-0.4, -0.2) is 68.7 Å². The molecule has 0 saturated carbocycles. The van der Waals surface area contributed by atoms with Crippen LogP contribution in [0.3, 0.4) is 0 Å². The quantitative estimate of drug-likeness (QED) is 0.717. The number of benzene rings is 1. The third-order valence-corrected chi connectivity index (χ3v) is 7.85. The number of ether oxygens (including phenoxy) is 2. The minimum absolute atomic E-state index is 0.287. The van der Waals surface area contributed by atoms with Crippen molar-refractivity contribution in [3.8, 4) is 11.5 Å². The van der Waals surface area contributed by atoms with E-state index in [4.69, 9.17) is 9.47 Å². The molecule has 30 heavy (non-hydrogen) atoms. The summed E-state index contributed by atoms with van der Waals surface area (Å²) in [6.45, 7) is 5.93. The van der Waals surface area contributed by atoms with Gasteiger partial charge in [0.2, 0.25) is 16.8 Å². The highest BCUT2D eigenvalue weighted by molar-refractivity contribution is 7.89. The van der Waals surface area contributed by atoms with Gasteiger partial charge in [0.05, 0.1) is 0 Å². The molecule has 0 aliphatic carbocycles. The van der Waals surface area contributed by atoms with Crippen LogP contribution < -0.4 is 14.4 Å². The van der Waals surface area contributed by atoms with Crippen LogP contribution in [0.1, 0.15) is 18.4 Å². The van der Waals surface area contributed by atoms with E-state index in [0.29, 0.717) is 19.9 Å². The van der Waals surface area contributed by atoms with Crippen molar-refractivity contribution in [2.45, 2.75) is 24.3 Å². The van der Waals surface area contributed by atoms with Crippen molar-refractivity contribution in [3.63, 3.8) is 0 Å². The summed E-state index contributed by atoms with van der Waals surface area (Å²) < 4.78 is 37.7. The maximum absolute atomic E-state index is 12.7. The molecule has 0 N–H and O–H groups in total. The van der Waals surface area contributed by atoms with Crippen LogP contribution in [0.5, 0.6) is 11.5 Å². The molecule has 0 unspecified atom stereocenters. The predicted octanol–water partition coefficient (Wildman–Crippen LogP) is 1.92. The van der Waals surface area contributed by atoms with E-state index in [2.05, 4.69) is 26.9 Å². The van der Waals surface area contributed by atoms with Crippen LogP contribution >= 0.6 is 0 Å². The highest BCUT2D eigenvalue weighted by Gasteiger charge is 2.28. The zero-order chi connectivity index (χ0) is 20.6. The third kappa shape index (κ3) is 3.84. The average Bonchev–Trinajstić information content (AvgIpc) is 3.47. The summed E-state index contributed by atoms with van der Waals surface area (Å²) in [5.41, 5.74) is 1.21. The fourth-order valence-corrected chi connectivity index (χ4v) is 5.69. The first kappa shape index (κ1) is 19.6. The maximum atomic E-state index is 12.7. The van der Waals surface area contributed by atoms with E-state index in [9.17, 15) is 8.42 Å². The van der Waals surface area contributed by atoms with Crippen molar-refractivity contribution in [2.75, 3.05) is 51.0 Å². The normalized spacial score (nSPS) is 20.1. The number of sulfonamides is 1. The second kappa shape index (κ2) is 8.05. The standard InChI is InChI=1S/C21H26N4O4S/c26-30(27,25-7-1-2-8-25)18-4-6-21(22-14-18)24-11-9-23(10-12-24)15-17-3-5-19-20(13-17)29-16-28-19/h3-6,13-14H,1-2,7-12,15-16H2. The summed E-state index contributed by atoms with van der Waals surface area (Å²) >= 11 is 0. The molecule has 2 saturated heterocycles. The average molecular weight is 431 g/mol. The molecule has 2 fully saturated rings. The predicted molar refractivity (Wildman–Crippen MR) is 112 cm³/mol. The van der Waals surface area contributed by atoms with E-state index < -0.39 is 10.0 Å². The highest BCUT2D eigenvalue weighted by Crippen LogP contribution is 2.33. The van der Waals surface area contributed by atoms with Gasteiger partial charge in [0.25, 0.3) is 0 Å². The second-order valence-corrected chi connectivity index (χ2v) is 9.85. The Morgan fingerprint density at radius 3 is 2.40 bits per heavy atom. The summed E-state index contributed by atoms with van der Waals surface area (Å²) in [5, 5.41) is 0. The van der Waals surface area contributed by atoms with E-state index in [1.165, 1.54) is 11.8 Å². The summed E-state index contributed by atoms with van der Waals surface area (Å²) in [6, 6.07) is 9.62. The summed E-state index contributed by atoms with van der Waals surface area (Å²) in [5.74, 6) is 2.46. The molecule has 5 rings (SSSR count). The topological polar surface area (TPSA) is 75.2 Å². The Morgan fingerprint density at radius 2 is 1.67 bits per heavy atom. The molecule has 1 aromatic carbocycles. The zero-order valence-electron chi connectivity index (χ0n) is 16.9. The summed E-state index contributed by atoms with van der Waals surface area (Å²) in [7, 11) is -3.41. The molecule has 160 valence electrons. The molecule has 1 aromatic heterocycles. The number of hydrogen-bond acceptors (Lipinski definition) is 7. The van der Waals surface area contributed by atoms with Gasteiger partial charge in [0.15, 0.2) is 11.5 Å². The first-order chi connectivity index (χ1) is 14.6. The fourth-order valence-electron chi connectivity index (χ4n) is 4.22. The SMILES string of the molecule is O=S(=O)(c1ccc(N2CCN(Cc3ccc4c(c3)OCO4)CC2)nc1)N1CCCC1.